The summed E-state index contributed by atoms with van der Waals surface area (Å²) < 4.78 is 5.81. The molecule has 1 unspecified atom stereocenters. The predicted octanol–water partition coefficient (Wildman–Crippen LogP) is 3.14. The Balaban J connectivity index is 1.62. The molecule has 1 heterocycles. The van der Waals surface area contributed by atoms with Crippen molar-refractivity contribution in [3.05, 3.63) is 54.1 Å². The van der Waals surface area contributed by atoms with Crippen LogP contribution in [0.1, 0.15) is 25.8 Å². The number of carbonyl (C=O) groups excluding carboxylic acids is 2. The number of likely N-dealkylation sites (N-methyl/N-ethyl adjacent to an activating group) is 1. The van der Waals surface area contributed by atoms with Crippen LogP contribution in [0.2, 0.25) is 0 Å². The lowest BCUT2D eigenvalue weighted by molar-refractivity contribution is -0.129. The van der Waals surface area contributed by atoms with Gasteiger partial charge in [0.2, 0.25) is 5.91 Å². The zero-order valence-electron chi connectivity index (χ0n) is 17.4. The minimum atomic E-state index is -0.549. The molecule has 0 aliphatic carbocycles. The van der Waals surface area contributed by atoms with Crippen LogP contribution in [0.4, 0.5) is 11.4 Å². The van der Waals surface area contributed by atoms with Gasteiger partial charge in [0.25, 0.3) is 5.91 Å². The molecule has 3 rings (SSSR count). The van der Waals surface area contributed by atoms with Crippen LogP contribution in [0.3, 0.4) is 0 Å². The van der Waals surface area contributed by atoms with Gasteiger partial charge in [0, 0.05) is 25.3 Å². The van der Waals surface area contributed by atoms with Gasteiger partial charge in [0.05, 0.1) is 5.69 Å². The number of aryl methyl sites for hydroxylation is 1. The van der Waals surface area contributed by atoms with Gasteiger partial charge in [-0.25, -0.2) is 0 Å². The van der Waals surface area contributed by atoms with E-state index in [9.17, 15) is 9.59 Å². The summed E-state index contributed by atoms with van der Waals surface area (Å²) in [6.45, 7) is 8.01. The SMILES string of the molecule is CCC1Oc2ccc(C)cc2N(CC(=O)NCCN(CC)c2ccccc2)C1=O. The van der Waals surface area contributed by atoms with E-state index < -0.39 is 6.10 Å². The number of rotatable bonds is 8. The molecule has 2 aromatic rings. The first-order chi connectivity index (χ1) is 14.0. The standard InChI is InChI=1S/C23H29N3O3/c1-4-20-23(28)26(19-15-17(3)11-12-21(19)29-20)16-22(27)24-13-14-25(5-2)18-9-7-6-8-10-18/h6-12,15,20H,4-5,13-14,16H2,1-3H3,(H,24,27). The van der Waals surface area contributed by atoms with Crippen molar-refractivity contribution in [1.82, 2.24) is 5.32 Å². The summed E-state index contributed by atoms with van der Waals surface area (Å²) >= 11 is 0. The van der Waals surface area contributed by atoms with E-state index in [1.807, 2.05) is 50.2 Å². The van der Waals surface area contributed by atoms with Crippen molar-refractivity contribution >= 4 is 23.2 Å². The molecule has 2 aromatic carbocycles. The topological polar surface area (TPSA) is 61.9 Å². The van der Waals surface area contributed by atoms with Crippen LogP contribution in [-0.2, 0) is 9.59 Å². The van der Waals surface area contributed by atoms with Gasteiger partial charge in [-0.2, -0.15) is 0 Å². The van der Waals surface area contributed by atoms with Gasteiger partial charge >= 0.3 is 0 Å². The molecule has 6 nitrogen and oxygen atoms in total. The highest BCUT2D eigenvalue weighted by Crippen LogP contribution is 2.35. The molecule has 6 heteroatoms. The Morgan fingerprint density at radius 2 is 1.93 bits per heavy atom. The molecule has 1 atom stereocenters. The third-order valence-electron chi connectivity index (χ3n) is 5.10. The van der Waals surface area contributed by atoms with E-state index in [0.29, 0.717) is 30.9 Å². The fraction of sp³-hybridized carbons (Fsp3) is 0.391. The number of nitrogens with zero attached hydrogens (tertiary/aromatic N) is 2. The average Bonchev–Trinajstić information content (AvgIpc) is 2.74. The molecule has 29 heavy (non-hydrogen) atoms. The monoisotopic (exact) mass is 395 g/mol. The Labute approximate surface area is 172 Å². The van der Waals surface area contributed by atoms with Gasteiger partial charge in [-0.1, -0.05) is 31.2 Å². The van der Waals surface area contributed by atoms with Gasteiger partial charge < -0.3 is 15.0 Å². The van der Waals surface area contributed by atoms with Crippen LogP contribution < -0.4 is 19.9 Å². The second-order valence-electron chi connectivity index (χ2n) is 7.18. The van der Waals surface area contributed by atoms with Gasteiger partial charge in [-0.3, -0.25) is 14.5 Å². The fourth-order valence-electron chi connectivity index (χ4n) is 3.49. The van der Waals surface area contributed by atoms with E-state index in [1.54, 1.807) is 4.90 Å². The average molecular weight is 396 g/mol. The van der Waals surface area contributed by atoms with Crippen molar-refractivity contribution < 1.29 is 14.3 Å². The summed E-state index contributed by atoms with van der Waals surface area (Å²) in [7, 11) is 0. The number of para-hydroxylation sites is 1. The minimum Gasteiger partial charge on any atom is -0.478 e. The molecule has 1 N–H and O–H groups in total. The van der Waals surface area contributed by atoms with Crippen LogP contribution in [0.5, 0.6) is 5.75 Å². The molecule has 0 spiro atoms. The smallest absolute Gasteiger partial charge is 0.268 e. The number of benzene rings is 2. The molecule has 2 amide bonds. The summed E-state index contributed by atoms with van der Waals surface area (Å²) in [5.41, 5.74) is 2.80. The molecular formula is C23H29N3O3. The Morgan fingerprint density at radius 3 is 2.62 bits per heavy atom. The first-order valence-electron chi connectivity index (χ1n) is 10.2. The summed E-state index contributed by atoms with van der Waals surface area (Å²) in [5.74, 6) is 0.308. The van der Waals surface area contributed by atoms with E-state index in [1.165, 1.54) is 0 Å². The number of fused-ring (bicyclic) bond motifs is 1. The van der Waals surface area contributed by atoms with E-state index in [-0.39, 0.29) is 18.4 Å². The summed E-state index contributed by atoms with van der Waals surface area (Å²) in [6, 6.07) is 15.8. The van der Waals surface area contributed by atoms with Crippen molar-refractivity contribution in [2.24, 2.45) is 0 Å². The van der Waals surface area contributed by atoms with Gasteiger partial charge in [0.15, 0.2) is 6.10 Å². The third kappa shape index (κ3) is 4.88. The van der Waals surface area contributed by atoms with Crippen LogP contribution >= 0.6 is 0 Å². The summed E-state index contributed by atoms with van der Waals surface area (Å²) in [4.78, 5) is 29.1. The molecule has 0 saturated carbocycles. The van der Waals surface area contributed by atoms with Crippen LogP contribution in [-0.4, -0.2) is 44.1 Å². The highest BCUT2D eigenvalue weighted by molar-refractivity contribution is 6.03. The summed E-state index contributed by atoms with van der Waals surface area (Å²) in [5, 5.41) is 2.95. The molecule has 1 aliphatic heterocycles. The Hall–Kier alpha value is -3.02. The number of anilines is 2. The lowest BCUT2D eigenvalue weighted by Gasteiger charge is -2.34. The Morgan fingerprint density at radius 1 is 1.17 bits per heavy atom. The fourth-order valence-corrected chi connectivity index (χ4v) is 3.49. The number of ether oxygens (including phenoxy) is 1. The molecule has 154 valence electrons. The minimum absolute atomic E-state index is 0.00733. The molecule has 0 aromatic heterocycles. The molecule has 1 aliphatic rings. The molecule has 0 bridgehead atoms. The Kier molecular flexibility index (Phi) is 6.75. The number of hydrogen-bond donors (Lipinski definition) is 1. The number of nitrogens with one attached hydrogen (secondary N) is 1. The first kappa shape index (κ1) is 20.7. The molecule has 0 radical (unpaired) electrons. The zero-order chi connectivity index (χ0) is 20.8. The maximum Gasteiger partial charge on any atom is 0.268 e. The number of amides is 2. The van der Waals surface area contributed by atoms with E-state index in [2.05, 4.69) is 29.3 Å². The largest absolute Gasteiger partial charge is 0.478 e. The van der Waals surface area contributed by atoms with Crippen molar-refractivity contribution in [2.75, 3.05) is 36.0 Å². The van der Waals surface area contributed by atoms with E-state index in [4.69, 9.17) is 4.74 Å². The van der Waals surface area contributed by atoms with Gasteiger partial charge in [-0.05, 0) is 50.1 Å². The highest BCUT2D eigenvalue weighted by atomic mass is 16.5. The number of carbonyl (C=O) groups is 2. The van der Waals surface area contributed by atoms with Gasteiger partial charge in [0.1, 0.15) is 12.3 Å². The lowest BCUT2D eigenvalue weighted by Crippen LogP contribution is -2.50. The van der Waals surface area contributed by atoms with Crippen LogP contribution in [0, 0.1) is 6.92 Å². The number of hydrogen-bond acceptors (Lipinski definition) is 4. The maximum atomic E-state index is 12.8. The second-order valence-corrected chi connectivity index (χ2v) is 7.18. The third-order valence-corrected chi connectivity index (χ3v) is 5.10. The first-order valence-corrected chi connectivity index (χ1v) is 10.2. The Bertz CT molecular complexity index is 854. The van der Waals surface area contributed by atoms with Crippen molar-refractivity contribution in [3.63, 3.8) is 0 Å². The normalized spacial score (nSPS) is 15.5. The van der Waals surface area contributed by atoms with Crippen molar-refractivity contribution in [1.29, 1.82) is 0 Å². The van der Waals surface area contributed by atoms with Crippen molar-refractivity contribution in [2.45, 2.75) is 33.3 Å². The van der Waals surface area contributed by atoms with Gasteiger partial charge in [-0.15, -0.1) is 0 Å². The summed E-state index contributed by atoms with van der Waals surface area (Å²) in [6.07, 6.45) is 0.0129. The van der Waals surface area contributed by atoms with Crippen molar-refractivity contribution in [3.8, 4) is 5.75 Å². The highest BCUT2D eigenvalue weighted by Gasteiger charge is 2.34. The quantitative estimate of drug-likeness (QED) is 0.746. The second kappa shape index (κ2) is 9.45. The maximum absolute atomic E-state index is 12.8. The molecule has 0 fully saturated rings. The molecule has 0 saturated heterocycles. The van der Waals surface area contributed by atoms with E-state index >= 15 is 0 Å². The van der Waals surface area contributed by atoms with E-state index in [0.717, 1.165) is 17.8 Å². The van der Waals surface area contributed by atoms with Crippen LogP contribution in [0.15, 0.2) is 48.5 Å². The van der Waals surface area contributed by atoms with Crippen LogP contribution in [0.25, 0.3) is 0 Å². The molecular weight excluding hydrogens is 366 g/mol. The lowest BCUT2D eigenvalue weighted by atomic mass is 10.1. The predicted molar refractivity (Wildman–Crippen MR) is 116 cm³/mol. The zero-order valence-corrected chi connectivity index (χ0v) is 17.4.